The molecule has 1 saturated carbocycles. The molecular formula is C21H23N5O2. The molecule has 144 valence electrons. The SMILES string of the molecule is Cc1nc(Oc2ccc(NC(=O)C3CC3)cc2)cc(-n2nc(C)c(C)c2C)n1. The second-order valence-corrected chi connectivity index (χ2v) is 7.21. The fraction of sp³-hybridized carbons (Fsp3) is 0.333. The van der Waals surface area contributed by atoms with Gasteiger partial charge in [0, 0.05) is 23.4 Å². The molecule has 2 heterocycles. The van der Waals surface area contributed by atoms with Crippen molar-refractivity contribution in [2.45, 2.75) is 40.5 Å². The van der Waals surface area contributed by atoms with Gasteiger partial charge in [0.2, 0.25) is 11.8 Å². The number of carbonyl (C=O) groups is 1. The maximum Gasteiger partial charge on any atom is 0.227 e. The third-order valence-electron chi connectivity index (χ3n) is 4.96. The molecule has 1 aromatic carbocycles. The molecule has 1 amide bonds. The summed E-state index contributed by atoms with van der Waals surface area (Å²) in [7, 11) is 0. The summed E-state index contributed by atoms with van der Waals surface area (Å²) < 4.78 is 7.72. The predicted octanol–water partition coefficient (Wildman–Crippen LogP) is 4.04. The minimum Gasteiger partial charge on any atom is -0.439 e. The van der Waals surface area contributed by atoms with Gasteiger partial charge in [-0.1, -0.05) is 0 Å². The van der Waals surface area contributed by atoms with Gasteiger partial charge in [0.25, 0.3) is 0 Å². The standard InChI is InChI=1S/C21H23N5O2/c1-12-13(2)25-26(14(12)3)19-11-20(23-15(4)22-19)28-18-9-7-17(8-10-18)24-21(27)16-5-6-16/h7-11,16H,5-6H2,1-4H3,(H,24,27). The van der Waals surface area contributed by atoms with Gasteiger partial charge in [0.1, 0.15) is 11.6 Å². The van der Waals surface area contributed by atoms with Crippen LogP contribution in [0.15, 0.2) is 30.3 Å². The molecule has 4 rings (SSSR count). The van der Waals surface area contributed by atoms with Crippen LogP contribution in [0.5, 0.6) is 11.6 Å². The van der Waals surface area contributed by atoms with Gasteiger partial charge in [-0.2, -0.15) is 10.1 Å². The second kappa shape index (κ2) is 7.07. The van der Waals surface area contributed by atoms with Crippen LogP contribution in [0, 0.1) is 33.6 Å². The fourth-order valence-electron chi connectivity index (χ4n) is 2.95. The van der Waals surface area contributed by atoms with Gasteiger partial charge in [-0.25, -0.2) is 9.67 Å². The average Bonchev–Trinajstić information content (AvgIpc) is 3.47. The maximum absolute atomic E-state index is 11.8. The Balaban J connectivity index is 1.53. The Labute approximate surface area is 163 Å². The number of hydrogen-bond acceptors (Lipinski definition) is 5. The summed E-state index contributed by atoms with van der Waals surface area (Å²) in [6, 6.07) is 9.05. The molecule has 1 aliphatic rings. The number of aromatic nitrogens is 4. The molecule has 0 aliphatic heterocycles. The average molecular weight is 377 g/mol. The molecule has 0 spiro atoms. The largest absolute Gasteiger partial charge is 0.439 e. The summed E-state index contributed by atoms with van der Waals surface area (Å²) in [5, 5.41) is 7.48. The van der Waals surface area contributed by atoms with Gasteiger partial charge in [-0.05, 0) is 70.4 Å². The lowest BCUT2D eigenvalue weighted by Crippen LogP contribution is -2.12. The molecule has 3 aromatic rings. The van der Waals surface area contributed by atoms with E-state index in [1.54, 1.807) is 6.07 Å². The Morgan fingerprint density at radius 1 is 1.11 bits per heavy atom. The van der Waals surface area contributed by atoms with E-state index in [9.17, 15) is 4.79 Å². The molecule has 1 aliphatic carbocycles. The minimum atomic E-state index is 0.0879. The van der Waals surface area contributed by atoms with Crippen LogP contribution in [-0.4, -0.2) is 25.7 Å². The number of ether oxygens (including phenoxy) is 1. The maximum atomic E-state index is 11.8. The van der Waals surface area contributed by atoms with Gasteiger partial charge < -0.3 is 10.1 Å². The summed E-state index contributed by atoms with van der Waals surface area (Å²) in [6.07, 6.45) is 1.97. The van der Waals surface area contributed by atoms with Crippen LogP contribution >= 0.6 is 0 Å². The third kappa shape index (κ3) is 3.74. The number of hydrogen-bond donors (Lipinski definition) is 1. The number of rotatable bonds is 5. The van der Waals surface area contributed by atoms with Crippen LogP contribution in [0.1, 0.15) is 35.6 Å². The smallest absolute Gasteiger partial charge is 0.227 e. The number of aryl methyl sites for hydroxylation is 2. The number of anilines is 1. The van der Waals surface area contributed by atoms with Crippen LogP contribution in [0.2, 0.25) is 0 Å². The summed E-state index contributed by atoms with van der Waals surface area (Å²) in [4.78, 5) is 20.7. The van der Waals surface area contributed by atoms with E-state index >= 15 is 0 Å². The van der Waals surface area contributed by atoms with Gasteiger partial charge in [-0.15, -0.1) is 0 Å². The predicted molar refractivity (Wildman–Crippen MR) is 106 cm³/mol. The van der Waals surface area contributed by atoms with Crippen molar-refractivity contribution in [2.24, 2.45) is 5.92 Å². The molecule has 0 bridgehead atoms. The molecule has 1 fully saturated rings. The highest BCUT2D eigenvalue weighted by atomic mass is 16.5. The lowest BCUT2D eigenvalue weighted by Gasteiger charge is -2.10. The zero-order valence-corrected chi connectivity index (χ0v) is 16.5. The van der Waals surface area contributed by atoms with Crippen LogP contribution in [-0.2, 0) is 4.79 Å². The van der Waals surface area contributed by atoms with Crippen LogP contribution in [0.4, 0.5) is 5.69 Å². The lowest BCUT2D eigenvalue weighted by molar-refractivity contribution is -0.117. The van der Waals surface area contributed by atoms with Crippen molar-refractivity contribution in [1.29, 1.82) is 0 Å². The Bertz CT molecular complexity index is 1040. The number of nitrogens with one attached hydrogen (secondary N) is 1. The second-order valence-electron chi connectivity index (χ2n) is 7.21. The van der Waals surface area contributed by atoms with Gasteiger partial charge in [0.05, 0.1) is 5.69 Å². The van der Waals surface area contributed by atoms with Crippen LogP contribution in [0.25, 0.3) is 5.82 Å². The Kier molecular flexibility index (Phi) is 4.58. The van der Waals surface area contributed by atoms with E-state index in [-0.39, 0.29) is 11.8 Å². The van der Waals surface area contributed by atoms with Crippen molar-refractivity contribution < 1.29 is 9.53 Å². The lowest BCUT2D eigenvalue weighted by atomic mass is 10.2. The molecule has 7 nitrogen and oxygen atoms in total. The normalized spacial score (nSPS) is 13.4. The highest BCUT2D eigenvalue weighted by Gasteiger charge is 2.29. The van der Waals surface area contributed by atoms with Crippen molar-refractivity contribution in [2.75, 3.05) is 5.32 Å². The van der Waals surface area contributed by atoms with Gasteiger partial charge in [-0.3, -0.25) is 4.79 Å². The third-order valence-corrected chi connectivity index (χ3v) is 4.96. The topological polar surface area (TPSA) is 81.9 Å². The van der Waals surface area contributed by atoms with E-state index in [1.165, 1.54) is 0 Å². The molecule has 0 unspecified atom stereocenters. The quantitative estimate of drug-likeness (QED) is 0.726. The molecule has 0 atom stereocenters. The zero-order chi connectivity index (χ0) is 19.8. The van der Waals surface area contributed by atoms with Crippen molar-refractivity contribution in [3.8, 4) is 17.4 Å². The Hall–Kier alpha value is -3.22. The minimum absolute atomic E-state index is 0.0879. The van der Waals surface area contributed by atoms with E-state index < -0.39 is 0 Å². The van der Waals surface area contributed by atoms with E-state index in [1.807, 2.05) is 56.6 Å². The number of benzene rings is 1. The number of amides is 1. The highest BCUT2D eigenvalue weighted by molar-refractivity contribution is 5.94. The van der Waals surface area contributed by atoms with Crippen molar-refractivity contribution in [1.82, 2.24) is 19.7 Å². The van der Waals surface area contributed by atoms with E-state index in [0.29, 0.717) is 23.3 Å². The molecule has 2 aromatic heterocycles. The summed E-state index contributed by atoms with van der Waals surface area (Å²) in [5.74, 6) is 2.62. The van der Waals surface area contributed by atoms with Crippen molar-refractivity contribution in [3.63, 3.8) is 0 Å². The van der Waals surface area contributed by atoms with E-state index in [2.05, 4.69) is 20.4 Å². The Morgan fingerprint density at radius 2 is 1.82 bits per heavy atom. The molecule has 7 heteroatoms. The molecule has 28 heavy (non-hydrogen) atoms. The first-order valence-corrected chi connectivity index (χ1v) is 9.38. The van der Waals surface area contributed by atoms with Crippen LogP contribution in [0.3, 0.4) is 0 Å². The molecule has 0 radical (unpaired) electrons. The Morgan fingerprint density at radius 3 is 2.43 bits per heavy atom. The first-order valence-electron chi connectivity index (χ1n) is 9.38. The zero-order valence-electron chi connectivity index (χ0n) is 16.5. The number of nitrogens with zero attached hydrogens (tertiary/aromatic N) is 4. The molecule has 1 N–H and O–H groups in total. The summed E-state index contributed by atoms with van der Waals surface area (Å²) in [5.41, 5.74) is 3.92. The summed E-state index contributed by atoms with van der Waals surface area (Å²) in [6.45, 7) is 7.87. The first kappa shape index (κ1) is 18.2. The van der Waals surface area contributed by atoms with Gasteiger partial charge in [0.15, 0.2) is 5.82 Å². The fourth-order valence-corrected chi connectivity index (χ4v) is 2.95. The van der Waals surface area contributed by atoms with Crippen molar-refractivity contribution >= 4 is 11.6 Å². The molecule has 0 saturated heterocycles. The van der Waals surface area contributed by atoms with E-state index in [0.717, 1.165) is 35.5 Å². The summed E-state index contributed by atoms with van der Waals surface area (Å²) >= 11 is 0. The van der Waals surface area contributed by atoms with E-state index in [4.69, 9.17) is 4.74 Å². The highest BCUT2D eigenvalue weighted by Crippen LogP contribution is 2.30. The van der Waals surface area contributed by atoms with Crippen LogP contribution < -0.4 is 10.1 Å². The molecular weight excluding hydrogens is 354 g/mol. The first-order chi connectivity index (χ1) is 13.4. The van der Waals surface area contributed by atoms with Gasteiger partial charge >= 0.3 is 0 Å². The van der Waals surface area contributed by atoms with Crippen molar-refractivity contribution in [3.05, 3.63) is 53.1 Å². The number of carbonyl (C=O) groups excluding carboxylic acids is 1. The monoisotopic (exact) mass is 377 g/mol.